The van der Waals surface area contributed by atoms with Crippen LogP contribution in [0.5, 0.6) is 0 Å². The van der Waals surface area contributed by atoms with Crippen LogP contribution in [0.4, 0.5) is 0 Å². The molecule has 1 heterocycles. The second-order valence-electron chi connectivity index (χ2n) is 3.14. The molecule has 0 saturated carbocycles. The van der Waals surface area contributed by atoms with E-state index < -0.39 is 0 Å². The summed E-state index contributed by atoms with van der Waals surface area (Å²) in [5.74, 6) is 0. The first-order valence-electron chi connectivity index (χ1n) is 4.89. The van der Waals surface area contributed by atoms with Crippen molar-refractivity contribution in [1.29, 1.82) is 5.26 Å². The van der Waals surface area contributed by atoms with Crippen molar-refractivity contribution in [3.8, 4) is 6.07 Å². The van der Waals surface area contributed by atoms with E-state index in [1.807, 2.05) is 11.6 Å². The molecular weight excluding hydrogens is 242 g/mol. The van der Waals surface area contributed by atoms with Gasteiger partial charge in [0.05, 0.1) is 10.2 Å². The van der Waals surface area contributed by atoms with Crippen LogP contribution in [0.1, 0.15) is 38.1 Å². The largest absolute Gasteiger partial charge is 0.267 e. The summed E-state index contributed by atoms with van der Waals surface area (Å²) < 4.78 is 2.77. The summed E-state index contributed by atoms with van der Waals surface area (Å²) in [6.07, 6.45) is 3.28. The summed E-state index contributed by atoms with van der Waals surface area (Å²) in [5, 5.41) is 13.0. The molecule has 0 aliphatic carbocycles. The van der Waals surface area contributed by atoms with Gasteiger partial charge in [0, 0.05) is 6.54 Å². The maximum Gasteiger partial charge on any atom is 0.176 e. The Kier molecular flexibility index (Phi) is 4.15. The van der Waals surface area contributed by atoms with Gasteiger partial charge in [0.25, 0.3) is 0 Å². The van der Waals surface area contributed by atoms with Crippen molar-refractivity contribution in [2.24, 2.45) is 0 Å². The van der Waals surface area contributed by atoms with Gasteiger partial charge >= 0.3 is 0 Å². The molecule has 0 atom stereocenters. The van der Waals surface area contributed by atoms with E-state index in [2.05, 4.69) is 34.0 Å². The second-order valence-corrected chi connectivity index (χ2v) is 3.93. The summed E-state index contributed by atoms with van der Waals surface area (Å²) in [7, 11) is 0. The minimum absolute atomic E-state index is 0.498. The highest BCUT2D eigenvalue weighted by molar-refractivity contribution is 9.10. The summed E-state index contributed by atoms with van der Waals surface area (Å²) >= 11 is 3.43. The van der Waals surface area contributed by atoms with Crippen molar-refractivity contribution in [3.05, 3.63) is 15.9 Å². The van der Waals surface area contributed by atoms with Crippen LogP contribution in [0.2, 0.25) is 0 Å². The van der Waals surface area contributed by atoms with Gasteiger partial charge in [-0.05, 0) is 35.7 Å². The van der Waals surface area contributed by atoms with Crippen molar-refractivity contribution in [2.75, 3.05) is 0 Å². The molecular formula is C10H14BrN3. The number of nitrogens with zero attached hydrogens (tertiary/aromatic N) is 3. The average molecular weight is 256 g/mol. The Labute approximate surface area is 92.9 Å². The second kappa shape index (κ2) is 5.16. The van der Waals surface area contributed by atoms with E-state index in [-0.39, 0.29) is 0 Å². The van der Waals surface area contributed by atoms with Gasteiger partial charge in [-0.2, -0.15) is 10.4 Å². The molecule has 1 aromatic heterocycles. The maximum absolute atomic E-state index is 8.82. The smallest absolute Gasteiger partial charge is 0.176 e. The number of hydrogen-bond acceptors (Lipinski definition) is 2. The molecule has 0 aliphatic rings. The minimum atomic E-state index is 0.498. The lowest BCUT2D eigenvalue weighted by Gasteiger charge is -2.03. The Hall–Kier alpha value is -0.820. The molecule has 0 aliphatic heterocycles. The highest BCUT2D eigenvalue weighted by Gasteiger charge is 2.13. The van der Waals surface area contributed by atoms with Crippen LogP contribution >= 0.6 is 15.9 Å². The quantitative estimate of drug-likeness (QED) is 0.831. The highest BCUT2D eigenvalue weighted by atomic mass is 79.9. The van der Waals surface area contributed by atoms with Gasteiger partial charge in [-0.15, -0.1) is 0 Å². The Morgan fingerprint density at radius 1 is 1.50 bits per heavy atom. The van der Waals surface area contributed by atoms with E-state index in [9.17, 15) is 0 Å². The van der Waals surface area contributed by atoms with Crippen molar-refractivity contribution in [2.45, 2.75) is 39.7 Å². The van der Waals surface area contributed by atoms with Crippen molar-refractivity contribution in [3.63, 3.8) is 0 Å². The van der Waals surface area contributed by atoms with Gasteiger partial charge in [0.2, 0.25) is 0 Å². The molecule has 1 aromatic rings. The molecule has 0 amide bonds. The van der Waals surface area contributed by atoms with E-state index in [1.165, 1.54) is 0 Å². The lowest BCUT2D eigenvalue weighted by Crippen LogP contribution is -2.02. The van der Waals surface area contributed by atoms with Crippen LogP contribution in [-0.2, 0) is 13.0 Å². The van der Waals surface area contributed by atoms with Gasteiger partial charge in [0.15, 0.2) is 5.69 Å². The number of rotatable bonds is 4. The molecule has 0 bridgehead atoms. The van der Waals surface area contributed by atoms with Gasteiger partial charge in [-0.25, -0.2) is 0 Å². The summed E-state index contributed by atoms with van der Waals surface area (Å²) in [5.41, 5.74) is 1.64. The van der Waals surface area contributed by atoms with Crippen LogP contribution in [0.15, 0.2) is 4.47 Å². The molecule has 0 N–H and O–H groups in total. The first-order chi connectivity index (χ1) is 6.74. The van der Waals surface area contributed by atoms with Crippen molar-refractivity contribution < 1.29 is 0 Å². The molecule has 3 nitrogen and oxygen atoms in total. The number of nitriles is 1. The predicted molar refractivity (Wildman–Crippen MR) is 58.9 cm³/mol. The standard InChI is InChI=1S/C10H14BrN3/c1-3-5-6-9-10(11)8(7-12)13-14(9)4-2/h3-6H2,1-2H3. The molecule has 0 aromatic carbocycles. The molecule has 4 heteroatoms. The molecule has 0 spiro atoms. The van der Waals surface area contributed by atoms with E-state index in [0.717, 1.165) is 36.0 Å². The van der Waals surface area contributed by atoms with Gasteiger partial charge in [-0.3, -0.25) is 4.68 Å². The first-order valence-corrected chi connectivity index (χ1v) is 5.69. The van der Waals surface area contributed by atoms with E-state index in [4.69, 9.17) is 5.26 Å². The molecule has 76 valence electrons. The first kappa shape index (κ1) is 11.3. The number of hydrogen-bond donors (Lipinski definition) is 0. The van der Waals surface area contributed by atoms with E-state index >= 15 is 0 Å². The van der Waals surface area contributed by atoms with E-state index in [0.29, 0.717) is 5.69 Å². The van der Waals surface area contributed by atoms with Crippen LogP contribution in [0.25, 0.3) is 0 Å². The van der Waals surface area contributed by atoms with Crippen LogP contribution in [-0.4, -0.2) is 9.78 Å². The molecule has 1 rings (SSSR count). The fourth-order valence-corrected chi connectivity index (χ4v) is 1.96. The Morgan fingerprint density at radius 2 is 2.21 bits per heavy atom. The van der Waals surface area contributed by atoms with Crippen molar-refractivity contribution in [1.82, 2.24) is 9.78 Å². The molecule has 0 fully saturated rings. The van der Waals surface area contributed by atoms with Crippen LogP contribution < -0.4 is 0 Å². The zero-order valence-corrected chi connectivity index (χ0v) is 10.1. The van der Waals surface area contributed by atoms with Crippen LogP contribution in [0.3, 0.4) is 0 Å². The predicted octanol–water partition coefficient (Wildman–Crippen LogP) is 2.88. The third kappa shape index (κ3) is 2.16. The van der Waals surface area contributed by atoms with Crippen LogP contribution in [0, 0.1) is 11.3 Å². The zero-order chi connectivity index (χ0) is 10.6. The molecule has 14 heavy (non-hydrogen) atoms. The minimum Gasteiger partial charge on any atom is -0.267 e. The fraction of sp³-hybridized carbons (Fsp3) is 0.600. The molecule has 0 radical (unpaired) electrons. The maximum atomic E-state index is 8.82. The Bertz CT molecular complexity index is 349. The fourth-order valence-electron chi connectivity index (χ4n) is 1.39. The van der Waals surface area contributed by atoms with Crippen molar-refractivity contribution >= 4 is 15.9 Å². The Morgan fingerprint density at radius 3 is 2.71 bits per heavy atom. The van der Waals surface area contributed by atoms with Gasteiger partial charge in [-0.1, -0.05) is 13.3 Å². The highest BCUT2D eigenvalue weighted by Crippen LogP contribution is 2.22. The Balaban J connectivity index is 3.00. The number of unbranched alkanes of at least 4 members (excludes halogenated alkanes) is 1. The third-order valence-electron chi connectivity index (χ3n) is 2.17. The number of halogens is 1. The normalized spacial score (nSPS) is 10.1. The summed E-state index contributed by atoms with van der Waals surface area (Å²) in [6.45, 7) is 5.02. The topological polar surface area (TPSA) is 41.6 Å². The van der Waals surface area contributed by atoms with Gasteiger partial charge < -0.3 is 0 Å². The lowest BCUT2D eigenvalue weighted by molar-refractivity contribution is 0.605. The summed E-state index contributed by atoms with van der Waals surface area (Å²) in [6, 6.07) is 2.09. The number of aromatic nitrogens is 2. The zero-order valence-electron chi connectivity index (χ0n) is 8.55. The third-order valence-corrected chi connectivity index (χ3v) is 3.00. The van der Waals surface area contributed by atoms with E-state index in [1.54, 1.807) is 0 Å². The SMILES string of the molecule is CCCCc1c(Br)c(C#N)nn1CC. The number of aryl methyl sites for hydroxylation is 1. The molecule has 0 saturated heterocycles. The molecule has 0 unspecified atom stereocenters. The summed E-state index contributed by atoms with van der Waals surface area (Å²) in [4.78, 5) is 0. The monoisotopic (exact) mass is 255 g/mol. The average Bonchev–Trinajstić information content (AvgIpc) is 2.52. The lowest BCUT2D eigenvalue weighted by atomic mass is 10.2. The van der Waals surface area contributed by atoms with Gasteiger partial charge in [0.1, 0.15) is 6.07 Å².